The number of rotatable bonds is 9. The third-order valence-corrected chi connectivity index (χ3v) is 3.06. The summed E-state index contributed by atoms with van der Waals surface area (Å²) in [6.45, 7) is 4.38. The SMILES string of the molecule is CCc1ccc(C(COCCCOC)NC)cc1. The lowest BCUT2D eigenvalue weighted by atomic mass is 10.0. The van der Waals surface area contributed by atoms with Crippen LogP contribution in [0.4, 0.5) is 0 Å². The maximum absolute atomic E-state index is 5.66. The molecule has 1 rings (SSSR count). The Morgan fingerprint density at radius 3 is 2.44 bits per heavy atom. The lowest BCUT2D eigenvalue weighted by Gasteiger charge is -2.17. The van der Waals surface area contributed by atoms with Gasteiger partial charge in [0.05, 0.1) is 12.6 Å². The average Bonchev–Trinajstić information content (AvgIpc) is 2.43. The zero-order chi connectivity index (χ0) is 13.2. The fourth-order valence-corrected chi connectivity index (χ4v) is 1.84. The number of methoxy groups -OCH3 is 1. The summed E-state index contributed by atoms with van der Waals surface area (Å²) in [5.74, 6) is 0. The maximum Gasteiger partial charge on any atom is 0.0661 e. The van der Waals surface area contributed by atoms with Crippen LogP contribution in [-0.2, 0) is 15.9 Å². The van der Waals surface area contributed by atoms with Crippen LogP contribution in [0.3, 0.4) is 0 Å². The topological polar surface area (TPSA) is 30.5 Å². The van der Waals surface area contributed by atoms with Crippen molar-refractivity contribution in [2.45, 2.75) is 25.8 Å². The summed E-state index contributed by atoms with van der Waals surface area (Å²) in [6.07, 6.45) is 2.03. The third kappa shape index (κ3) is 5.17. The van der Waals surface area contributed by atoms with Gasteiger partial charge in [-0.3, -0.25) is 0 Å². The monoisotopic (exact) mass is 251 g/mol. The summed E-state index contributed by atoms with van der Waals surface area (Å²) < 4.78 is 10.6. The van der Waals surface area contributed by atoms with Gasteiger partial charge < -0.3 is 14.8 Å². The molecule has 0 aliphatic carbocycles. The molecule has 1 aromatic rings. The van der Waals surface area contributed by atoms with Crippen molar-refractivity contribution in [3.8, 4) is 0 Å². The second-order valence-corrected chi connectivity index (χ2v) is 4.36. The number of aryl methyl sites for hydroxylation is 1. The van der Waals surface area contributed by atoms with Crippen LogP contribution >= 0.6 is 0 Å². The van der Waals surface area contributed by atoms with Gasteiger partial charge >= 0.3 is 0 Å². The number of hydrogen-bond donors (Lipinski definition) is 1. The van der Waals surface area contributed by atoms with Crippen molar-refractivity contribution in [2.75, 3.05) is 34.0 Å². The normalized spacial score (nSPS) is 12.6. The first-order valence-corrected chi connectivity index (χ1v) is 6.64. The van der Waals surface area contributed by atoms with E-state index >= 15 is 0 Å². The highest BCUT2D eigenvalue weighted by Crippen LogP contribution is 2.14. The van der Waals surface area contributed by atoms with Crippen molar-refractivity contribution >= 4 is 0 Å². The van der Waals surface area contributed by atoms with Crippen molar-refractivity contribution in [1.82, 2.24) is 5.32 Å². The lowest BCUT2D eigenvalue weighted by Crippen LogP contribution is -2.22. The molecule has 0 saturated heterocycles. The fraction of sp³-hybridized carbons (Fsp3) is 0.600. The van der Waals surface area contributed by atoms with E-state index < -0.39 is 0 Å². The van der Waals surface area contributed by atoms with Gasteiger partial charge in [0.2, 0.25) is 0 Å². The Morgan fingerprint density at radius 2 is 1.89 bits per heavy atom. The summed E-state index contributed by atoms with van der Waals surface area (Å²) in [6, 6.07) is 8.99. The molecule has 1 unspecified atom stereocenters. The van der Waals surface area contributed by atoms with Crippen molar-refractivity contribution in [2.24, 2.45) is 0 Å². The zero-order valence-electron chi connectivity index (χ0n) is 11.7. The number of ether oxygens (including phenoxy) is 2. The van der Waals surface area contributed by atoms with Gasteiger partial charge in [0.15, 0.2) is 0 Å². The fourth-order valence-electron chi connectivity index (χ4n) is 1.84. The molecule has 0 aliphatic heterocycles. The van der Waals surface area contributed by atoms with Gasteiger partial charge in [0.25, 0.3) is 0 Å². The molecule has 0 amide bonds. The quantitative estimate of drug-likeness (QED) is 0.684. The van der Waals surface area contributed by atoms with Crippen molar-refractivity contribution in [3.05, 3.63) is 35.4 Å². The molecule has 18 heavy (non-hydrogen) atoms. The van der Waals surface area contributed by atoms with Crippen LogP contribution in [0.2, 0.25) is 0 Å². The molecular formula is C15H25NO2. The smallest absolute Gasteiger partial charge is 0.0661 e. The average molecular weight is 251 g/mol. The number of nitrogens with one attached hydrogen (secondary N) is 1. The summed E-state index contributed by atoms with van der Waals surface area (Å²) in [5, 5.41) is 3.29. The first kappa shape index (κ1) is 15.2. The minimum absolute atomic E-state index is 0.262. The molecule has 102 valence electrons. The van der Waals surface area contributed by atoms with Crippen LogP contribution in [0.5, 0.6) is 0 Å². The van der Waals surface area contributed by atoms with Gasteiger partial charge in [0.1, 0.15) is 0 Å². The third-order valence-electron chi connectivity index (χ3n) is 3.06. The highest BCUT2D eigenvalue weighted by atomic mass is 16.5. The Labute approximate surface area is 110 Å². The molecule has 1 N–H and O–H groups in total. The number of benzene rings is 1. The summed E-state index contributed by atoms with van der Waals surface area (Å²) in [7, 11) is 3.68. The summed E-state index contributed by atoms with van der Waals surface area (Å²) in [5.41, 5.74) is 2.65. The Kier molecular flexibility index (Phi) is 7.65. The van der Waals surface area contributed by atoms with Crippen molar-refractivity contribution in [3.63, 3.8) is 0 Å². The van der Waals surface area contributed by atoms with Crippen molar-refractivity contribution < 1.29 is 9.47 Å². The van der Waals surface area contributed by atoms with E-state index in [1.54, 1.807) is 7.11 Å². The second-order valence-electron chi connectivity index (χ2n) is 4.36. The van der Waals surface area contributed by atoms with Crippen LogP contribution in [0.15, 0.2) is 24.3 Å². The molecule has 0 radical (unpaired) electrons. The molecule has 1 atom stereocenters. The largest absolute Gasteiger partial charge is 0.385 e. The van der Waals surface area contributed by atoms with E-state index in [2.05, 4.69) is 36.5 Å². The Morgan fingerprint density at radius 1 is 1.17 bits per heavy atom. The first-order valence-electron chi connectivity index (χ1n) is 6.64. The zero-order valence-corrected chi connectivity index (χ0v) is 11.7. The molecule has 0 aromatic heterocycles. The van der Waals surface area contributed by atoms with Gasteiger partial charge in [-0.05, 0) is 31.0 Å². The standard InChI is InChI=1S/C15H25NO2/c1-4-13-6-8-14(9-7-13)15(16-2)12-18-11-5-10-17-3/h6-9,15-16H,4-5,10-12H2,1-3H3. The maximum atomic E-state index is 5.66. The van der Waals surface area contributed by atoms with Crippen LogP contribution in [0.1, 0.15) is 30.5 Å². The summed E-state index contributed by atoms with van der Waals surface area (Å²) >= 11 is 0. The Balaban J connectivity index is 2.39. The van der Waals surface area contributed by atoms with E-state index in [0.29, 0.717) is 6.61 Å². The number of hydrogen-bond acceptors (Lipinski definition) is 3. The van der Waals surface area contributed by atoms with E-state index in [9.17, 15) is 0 Å². The molecule has 3 heteroatoms. The van der Waals surface area contributed by atoms with Crippen LogP contribution in [0, 0.1) is 0 Å². The Bertz CT molecular complexity index is 311. The molecule has 0 saturated carbocycles. The molecule has 0 heterocycles. The van der Waals surface area contributed by atoms with Crippen molar-refractivity contribution in [1.29, 1.82) is 0 Å². The van der Waals surface area contributed by atoms with E-state index in [4.69, 9.17) is 9.47 Å². The van der Waals surface area contributed by atoms with E-state index in [1.165, 1.54) is 11.1 Å². The molecule has 0 aliphatic rings. The van der Waals surface area contributed by atoms with Crippen LogP contribution < -0.4 is 5.32 Å². The summed E-state index contributed by atoms with van der Waals surface area (Å²) in [4.78, 5) is 0. The van der Waals surface area contributed by atoms with Gasteiger partial charge in [-0.2, -0.15) is 0 Å². The van der Waals surface area contributed by atoms with E-state index in [0.717, 1.165) is 26.1 Å². The molecule has 1 aromatic carbocycles. The molecule has 0 bridgehead atoms. The van der Waals surface area contributed by atoms with Crippen LogP contribution in [-0.4, -0.2) is 34.0 Å². The molecule has 0 spiro atoms. The predicted molar refractivity (Wildman–Crippen MR) is 74.9 cm³/mol. The van der Waals surface area contributed by atoms with Gasteiger partial charge in [0, 0.05) is 20.3 Å². The highest BCUT2D eigenvalue weighted by molar-refractivity contribution is 5.25. The van der Waals surface area contributed by atoms with Gasteiger partial charge in [-0.1, -0.05) is 31.2 Å². The highest BCUT2D eigenvalue weighted by Gasteiger charge is 2.08. The molecule has 0 fully saturated rings. The van der Waals surface area contributed by atoms with Crippen LogP contribution in [0.25, 0.3) is 0 Å². The molecule has 3 nitrogen and oxygen atoms in total. The Hall–Kier alpha value is -0.900. The molecular weight excluding hydrogens is 226 g/mol. The van der Waals surface area contributed by atoms with Gasteiger partial charge in [-0.15, -0.1) is 0 Å². The predicted octanol–water partition coefficient (Wildman–Crippen LogP) is 2.56. The minimum atomic E-state index is 0.262. The van der Waals surface area contributed by atoms with E-state index in [-0.39, 0.29) is 6.04 Å². The number of likely N-dealkylation sites (N-methyl/N-ethyl adjacent to an activating group) is 1. The van der Waals surface area contributed by atoms with Gasteiger partial charge in [-0.25, -0.2) is 0 Å². The van der Waals surface area contributed by atoms with E-state index in [1.807, 2.05) is 7.05 Å². The second kappa shape index (κ2) is 9.09. The minimum Gasteiger partial charge on any atom is -0.385 e. The first-order chi connectivity index (χ1) is 8.81. The lowest BCUT2D eigenvalue weighted by molar-refractivity contribution is 0.0889.